The van der Waals surface area contributed by atoms with Crippen LogP contribution in [0.15, 0.2) is 132 Å². The number of azo groups is 1. The lowest BCUT2D eigenvalue weighted by atomic mass is 9.97. The van der Waals surface area contributed by atoms with Gasteiger partial charge in [0, 0.05) is 5.39 Å². The monoisotopic (exact) mass is 400 g/mol. The highest BCUT2D eigenvalue weighted by Gasteiger charge is 2.09. The van der Waals surface area contributed by atoms with Gasteiger partial charge < -0.3 is 4.74 Å². The predicted molar refractivity (Wildman–Crippen MR) is 127 cm³/mol. The first-order valence-corrected chi connectivity index (χ1v) is 10.2. The molecule has 0 atom stereocenters. The Morgan fingerprint density at radius 2 is 1.03 bits per heavy atom. The Morgan fingerprint density at radius 3 is 1.74 bits per heavy atom. The first kappa shape index (κ1) is 18.8. The number of nitrogens with zero attached hydrogens (tertiary/aromatic N) is 2. The molecule has 0 fully saturated rings. The van der Waals surface area contributed by atoms with Gasteiger partial charge in [0.15, 0.2) is 0 Å². The number of benzene rings is 5. The summed E-state index contributed by atoms with van der Waals surface area (Å²) in [5.74, 6) is 1.67. The lowest BCUT2D eigenvalue weighted by Crippen LogP contribution is -1.88. The highest BCUT2D eigenvalue weighted by Crippen LogP contribution is 2.37. The minimum absolute atomic E-state index is 0.820. The fourth-order valence-corrected chi connectivity index (χ4v) is 3.55. The molecule has 5 rings (SSSR count). The third-order valence-corrected chi connectivity index (χ3v) is 5.07. The molecule has 0 N–H and O–H groups in total. The van der Waals surface area contributed by atoms with E-state index in [-0.39, 0.29) is 0 Å². The van der Waals surface area contributed by atoms with Crippen LogP contribution in [0.5, 0.6) is 11.5 Å². The zero-order valence-electron chi connectivity index (χ0n) is 16.8. The van der Waals surface area contributed by atoms with Crippen LogP contribution in [0.25, 0.3) is 21.9 Å². The van der Waals surface area contributed by atoms with E-state index in [4.69, 9.17) is 4.74 Å². The third kappa shape index (κ3) is 4.21. The van der Waals surface area contributed by atoms with Gasteiger partial charge >= 0.3 is 0 Å². The number of fused-ring (bicyclic) bond motifs is 1. The van der Waals surface area contributed by atoms with Crippen LogP contribution in [0.2, 0.25) is 0 Å². The Balaban J connectivity index is 1.46. The van der Waals surface area contributed by atoms with Crippen molar-refractivity contribution in [1.82, 2.24) is 0 Å². The zero-order valence-corrected chi connectivity index (χ0v) is 16.8. The summed E-state index contributed by atoms with van der Waals surface area (Å²) in [5.41, 5.74) is 3.94. The van der Waals surface area contributed by atoms with Crippen LogP contribution in [-0.4, -0.2) is 0 Å². The predicted octanol–water partition coefficient (Wildman–Crippen LogP) is 8.71. The van der Waals surface area contributed by atoms with Crippen molar-refractivity contribution in [2.75, 3.05) is 0 Å². The SMILES string of the molecule is c1ccc(N=Nc2ccc(-c3ccc(Oc4ccccc4)c4ccccc34)cc2)cc1. The number of para-hydroxylation sites is 1. The molecular weight excluding hydrogens is 380 g/mol. The average molecular weight is 400 g/mol. The summed E-state index contributed by atoms with van der Waals surface area (Å²) in [7, 11) is 0. The molecule has 0 spiro atoms. The highest BCUT2D eigenvalue weighted by molar-refractivity contribution is 6.00. The molecule has 148 valence electrons. The van der Waals surface area contributed by atoms with Crippen molar-refractivity contribution in [3.8, 4) is 22.6 Å². The summed E-state index contributed by atoms with van der Waals surface area (Å²) in [5, 5.41) is 10.9. The molecule has 0 aromatic heterocycles. The van der Waals surface area contributed by atoms with Crippen LogP contribution in [0, 0.1) is 0 Å². The van der Waals surface area contributed by atoms with Crippen LogP contribution in [0.3, 0.4) is 0 Å². The van der Waals surface area contributed by atoms with Gasteiger partial charge in [0.05, 0.1) is 11.4 Å². The molecule has 0 saturated carbocycles. The molecule has 5 aromatic carbocycles. The largest absolute Gasteiger partial charge is 0.457 e. The maximum Gasteiger partial charge on any atom is 0.135 e. The molecule has 0 unspecified atom stereocenters. The van der Waals surface area contributed by atoms with Crippen molar-refractivity contribution in [1.29, 1.82) is 0 Å². The van der Waals surface area contributed by atoms with E-state index in [1.807, 2.05) is 84.9 Å². The van der Waals surface area contributed by atoms with Crippen LogP contribution in [-0.2, 0) is 0 Å². The second kappa shape index (κ2) is 8.64. The summed E-state index contributed by atoms with van der Waals surface area (Å²) in [6.07, 6.45) is 0. The molecule has 0 heterocycles. The first-order valence-electron chi connectivity index (χ1n) is 10.2. The average Bonchev–Trinajstić information content (AvgIpc) is 2.85. The van der Waals surface area contributed by atoms with E-state index in [1.165, 1.54) is 0 Å². The van der Waals surface area contributed by atoms with E-state index in [1.54, 1.807) is 0 Å². The molecule has 0 saturated heterocycles. The highest BCUT2D eigenvalue weighted by atomic mass is 16.5. The summed E-state index contributed by atoms with van der Waals surface area (Å²) < 4.78 is 6.15. The molecular formula is C28H20N2O. The third-order valence-electron chi connectivity index (χ3n) is 5.07. The molecule has 3 nitrogen and oxygen atoms in total. The van der Waals surface area contributed by atoms with Crippen LogP contribution in [0.4, 0.5) is 11.4 Å². The number of ether oxygens (including phenoxy) is 1. The molecule has 0 radical (unpaired) electrons. The normalized spacial score (nSPS) is 11.1. The Morgan fingerprint density at radius 1 is 0.452 bits per heavy atom. The summed E-state index contributed by atoms with van der Waals surface area (Å²) >= 11 is 0. The number of rotatable bonds is 5. The molecule has 5 aromatic rings. The molecule has 0 amide bonds. The fraction of sp³-hybridized carbons (Fsp3) is 0. The van der Waals surface area contributed by atoms with E-state index in [0.717, 1.165) is 44.8 Å². The first-order chi connectivity index (χ1) is 15.4. The lowest BCUT2D eigenvalue weighted by Gasteiger charge is -2.13. The van der Waals surface area contributed by atoms with Crippen LogP contribution < -0.4 is 4.74 Å². The van der Waals surface area contributed by atoms with Gasteiger partial charge in [0.1, 0.15) is 11.5 Å². The second-order valence-corrected chi connectivity index (χ2v) is 7.15. The maximum atomic E-state index is 6.15. The Bertz CT molecular complexity index is 1330. The molecule has 0 aliphatic heterocycles. The van der Waals surface area contributed by atoms with Crippen molar-refractivity contribution in [3.63, 3.8) is 0 Å². The fourth-order valence-electron chi connectivity index (χ4n) is 3.55. The Hall–Kier alpha value is -4.24. The second-order valence-electron chi connectivity index (χ2n) is 7.15. The lowest BCUT2D eigenvalue weighted by molar-refractivity contribution is 0.488. The smallest absolute Gasteiger partial charge is 0.135 e. The summed E-state index contributed by atoms with van der Waals surface area (Å²) in [4.78, 5) is 0. The minimum atomic E-state index is 0.820. The molecule has 3 heteroatoms. The summed E-state index contributed by atoms with van der Waals surface area (Å²) in [6.45, 7) is 0. The van der Waals surface area contributed by atoms with Crippen molar-refractivity contribution in [3.05, 3.63) is 121 Å². The van der Waals surface area contributed by atoms with Gasteiger partial charge in [0.2, 0.25) is 0 Å². The van der Waals surface area contributed by atoms with Gasteiger partial charge in [-0.25, -0.2) is 0 Å². The number of hydrogen-bond donors (Lipinski definition) is 0. The van der Waals surface area contributed by atoms with Gasteiger partial charge in [-0.05, 0) is 59.0 Å². The van der Waals surface area contributed by atoms with Gasteiger partial charge in [-0.2, -0.15) is 10.2 Å². The van der Waals surface area contributed by atoms with E-state index in [2.05, 4.69) is 46.6 Å². The molecule has 0 aliphatic carbocycles. The Labute approximate surface area is 181 Å². The quantitative estimate of drug-likeness (QED) is 0.272. The maximum absolute atomic E-state index is 6.15. The topological polar surface area (TPSA) is 34.0 Å². The van der Waals surface area contributed by atoms with E-state index >= 15 is 0 Å². The van der Waals surface area contributed by atoms with Crippen molar-refractivity contribution in [2.45, 2.75) is 0 Å². The standard InChI is InChI=1S/C28H20N2O/c1-3-9-22(10-4-1)29-30-23-17-15-21(16-18-23)25-19-20-28(27-14-8-7-13-26(25)27)31-24-11-5-2-6-12-24/h1-20H. The minimum Gasteiger partial charge on any atom is -0.457 e. The Kier molecular flexibility index (Phi) is 5.23. The molecule has 0 bridgehead atoms. The molecule has 0 aliphatic rings. The van der Waals surface area contributed by atoms with Gasteiger partial charge in [-0.15, -0.1) is 0 Å². The number of hydrogen-bond acceptors (Lipinski definition) is 3. The van der Waals surface area contributed by atoms with Gasteiger partial charge in [-0.1, -0.05) is 78.9 Å². The van der Waals surface area contributed by atoms with Crippen molar-refractivity contribution < 1.29 is 4.74 Å². The van der Waals surface area contributed by atoms with Crippen molar-refractivity contribution >= 4 is 22.1 Å². The summed E-state index contributed by atoms with van der Waals surface area (Å²) in [6, 6.07) is 40.2. The van der Waals surface area contributed by atoms with E-state index in [0.29, 0.717) is 0 Å². The molecule has 31 heavy (non-hydrogen) atoms. The van der Waals surface area contributed by atoms with Gasteiger partial charge in [-0.3, -0.25) is 0 Å². The van der Waals surface area contributed by atoms with E-state index in [9.17, 15) is 0 Å². The van der Waals surface area contributed by atoms with Crippen molar-refractivity contribution in [2.24, 2.45) is 10.2 Å². The van der Waals surface area contributed by atoms with Crippen LogP contribution >= 0.6 is 0 Å². The zero-order chi connectivity index (χ0) is 20.9. The van der Waals surface area contributed by atoms with E-state index < -0.39 is 0 Å². The van der Waals surface area contributed by atoms with Gasteiger partial charge in [0.25, 0.3) is 0 Å². The van der Waals surface area contributed by atoms with Crippen LogP contribution in [0.1, 0.15) is 0 Å².